The Kier molecular flexibility index (Phi) is 4.10. The number of aromatic nitrogens is 1. The molecule has 1 unspecified atom stereocenters. The number of carbonyl (C=O) groups excluding carboxylic acids is 1. The minimum atomic E-state index is -0.00954. The number of pyridine rings is 1. The molecule has 0 aromatic carbocycles. The van der Waals surface area contributed by atoms with Crippen LogP contribution in [0.15, 0.2) is 18.3 Å². The van der Waals surface area contributed by atoms with Crippen LogP contribution in [0.5, 0.6) is 0 Å². The van der Waals surface area contributed by atoms with E-state index in [2.05, 4.69) is 38.0 Å². The fourth-order valence-corrected chi connectivity index (χ4v) is 1.26. The summed E-state index contributed by atoms with van der Waals surface area (Å²) < 4.78 is 0. The van der Waals surface area contributed by atoms with E-state index in [1.165, 1.54) is 6.20 Å². The fourth-order valence-electron chi connectivity index (χ4n) is 1.26. The van der Waals surface area contributed by atoms with Gasteiger partial charge in [-0.25, -0.2) is 4.98 Å². The Bertz CT molecular complexity index is 379. The molecule has 0 radical (unpaired) electrons. The Morgan fingerprint density at radius 1 is 1.47 bits per heavy atom. The van der Waals surface area contributed by atoms with Gasteiger partial charge in [-0.3, -0.25) is 4.79 Å². The van der Waals surface area contributed by atoms with Crippen LogP contribution in [-0.2, 0) is 4.79 Å². The number of amides is 1. The molecule has 1 aromatic rings. The molecule has 0 saturated heterocycles. The van der Waals surface area contributed by atoms with Crippen molar-refractivity contribution in [2.24, 2.45) is 11.3 Å². The van der Waals surface area contributed by atoms with E-state index in [1.54, 1.807) is 12.1 Å². The van der Waals surface area contributed by atoms with E-state index in [-0.39, 0.29) is 11.3 Å². The monoisotopic (exact) mass is 235 g/mol. The minimum absolute atomic E-state index is 0.00954. The molecule has 3 N–H and O–H groups in total. The number of hydrogen-bond donors (Lipinski definition) is 2. The summed E-state index contributed by atoms with van der Waals surface area (Å²) in [7, 11) is 0. The summed E-state index contributed by atoms with van der Waals surface area (Å²) in [5.41, 5.74) is 6.24. The molecule has 1 rings (SSSR count). The van der Waals surface area contributed by atoms with Gasteiger partial charge >= 0.3 is 0 Å². The average molecular weight is 235 g/mol. The standard InChI is InChI=1S/C13H21N3O/c1-9(13(2,3)4)7-12(17)16-11-6-5-10(14)8-15-11/h5-6,8-9H,7,14H2,1-4H3,(H,15,16,17). The highest BCUT2D eigenvalue weighted by Gasteiger charge is 2.22. The quantitative estimate of drug-likeness (QED) is 0.846. The van der Waals surface area contributed by atoms with Gasteiger partial charge in [-0.2, -0.15) is 0 Å². The van der Waals surface area contributed by atoms with Crippen LogP contribution in [-0.4, -0.2) is 10.9 Å². The summed E-state index contributed by atoms with van der Waals surface area (Å²) in [6, 6.07) is 3.42. The van der Waals surface area contributed by atoms with E-state index in [9.17, 15) is 4.79 Å². The molecule has 4 nitrogen and oxygen atoms in total. The zero-order valence-corrected chi connectivity index (χ0v) is 10.9. The van der Waals surface area contributed by atoms with E-state index in [4.69, 9.17) is 5.73 Å². The van der Waals surface area contributed by atoms with Gasteiger partial charge in [-0.05, 0) is 23.5 Å². The molecular formula is C13H21N3O. The summed E-state index contributed by atoms with van der Waals surface area (Å²) in [6.07, 6.45) is 2.03. The van der Waals surface area contributed by atoms with Gasteiger partial charge < -0.3 is 11.1 Å². The lowest BCUT2D eigenvalue weighted by Crippen LogP contribution is -2.24. The highest BCUT2D eigenvalue weighted by Crippen LogP contribution is 2.28. The summed E-state index contributed by atoms with van der Waals surface area (Å²) in [5.74, 6) is 0.853. The van der Waals surface area contributed by atoms with Crippen LogP contribution < -0.4 is 11.1 Å². The minimum Gasteiger partial charge on any atom is -0.397 e. The second-order valence-electron chi connectivity index (χ2n) is 5.50. The topological polar surface area (TPSA) is 68.0 Å². The number of rotatable bonds is 3. The SMILES string of the molecule is CC(CC(=O)Nc1ccc(N)cn1)C(C)(C)C. The van der Waals surface area contributed by atoms with Crippen LogP contribution in [0.2, 0.25) is 0 Å². The molecule has 1 atom stereocenters. The van der Waals surface area contributed by atoms with Gasteiger partial charge in [0, 0.05) is 6.42 Å². The van der Waals surface area contributed by atoms with Gasteiger partial charge in [0.25, 0.3) is 0 Å². The number of nitrogen functional groups attached to an aromatic ring is 1. The van der Waals surface area contributed by atoms with E-state index >= 15 is 0 Å². The Hall–Kier alpha value is -1.58. The van der Waals surface area contributed by atoms with Crippen molar-refractivity contribution in [3.63, 3.8) is 0 Å². The van der Waals surface area contributed by atoms with Crippen LogP contribution in [0.25, 0.3) is 0 Å². The fraction of sp³-hybridized carbons (Fsp3) is 0.538. The van der Waals surface area contributed by atoms with Gasteiger partial charge in [0.2, 0.25) is 5.91 Å². The van der Waals surface area contributed by atoms with E-state index in [0.29, 0.717) is 23.8 Å². The van der Waals surface area contributed by atoms with Crippen molar-refractivity contribution in [1.82, 2.24) is 4.98 Å². The molecule has 0 aliphatic carbocycles. The third kappa shape index (κ3) is 4.43. The predicted molar refractivity (Wildman–Crippen MR) is 70.5 cm³/mol. The van der Waals surface area contributed by atoms with Crippen LogP contribution in [0.4, 0.5) is 11.5 Å². The van der Waals surface area contributed by atoms with Crippen LogP contribution in [0, 0.1) is 11.3 Å². The predicted octanol–water partition coefficient (Wildman–Crippen LogP) is 2.67. The van der Waals surface area contributed by atoms with Crippen molar-refractivity contribution in [1.29, 1.82) is 0 Å². The smallest absolute Gasteiger partial charge is 0.225 e. The lowest BCUT2D eigenvalue weighted by Gasteiger charge is -2.26. The number of nitrogens with two attached hydrogens (primary N) is 1. The van der Waals surface area contributed by atoms with Gasteiger partial charge in [0.15, 0.2) is 0 Å². The lowest BCUT2D eigenvalue weighted by atomic mass is 9.80. The molecule has 1 amide bonds. The van der Waals surface area contributed by atoms with E-state index < -0.39 is 0 Å². The maximum atomic E-state index is 11.8. The molecule has 17 heavy (non-hydrogen) atoms. The van der Waals surface area contributed by atoms with Crippen LogP contribution in [0.1, 0.15) is 34.1 Å². The molecule has 0 fully saturated rings. The number of nitrogens with one attached hydrogen (secondary N) is 1. The Morgan fingerprint density at radius 3 is 2.59 bits per heavy atom. The summed E-state index contributed by atoms with van der Waals surface area (Å²) in [5, 5.41) is 2.77. The zero-order chi connectivity index (χ0) is 13.1. The Balaban J connectivity index is 2.53. The maximum absolute atomic E-state index is 11.8. The lowest BCUT2D eigenvalue weighted by molar-refractivity contribution is -0.117. The normalized spacial score (nSPS) is 13.2. The Labute approximate surface area is 103 Å². The molecule has 0 spiro atoms. The maximum Gasteiger partial charge on any atom is 0.225 e. The van der Waals surface area contributed by atoms with Gasteiger partial charge in [-0.1, -0.05) is 27.7 Å². The third-order valence-electron chi connectivity index (χ3n) is 3.02. The van der Waals surface area contributed by atoms with Gasteiger partial charge in [0.1, 0.15) is 5.82 Å². The van der Waals surface area contributed by atoms with Crippen LogP contribution >= 0.6 is 0 Å². The molecule has 0 saturated carbocycles. The van der Waals surface area contributed by atoms with Crippen molar-refractivity contribution in [3.8, 4) is 0 Å². The molecule has 0 bridgehead atoms. The van der Waals surface area contributed by atoms with Crippen molar-refractivity contribution >= 4 is 17.4 Å². The first kappa shape index (κ1) is 13.5. The molecule has 1 heterocycles. The number of anilines is 2. The number of hydrogen-bond acceptors (Lipinski definition) is 3. The van der Waals surface area contributed by atoms with Crippen molar-refractivity contribution in [3.05, 3.63) is 18.3 Å². The first-order valence-corrected chi connectivity index (χ1v) is 5.80. The van der Waals surface area contributed by atoms with Crippen molar-refractivity contribution < 1.29 is 4.79 Å². The van der Waals surface area contributed by atoms with Gasteiger partial charge in [0.05, 0.1) is 11.9 Å². The second-order valence-corrected chi connectivity index (χ2v) is 5.50. The van der Waals surface area contributed by atoms with E-state index in [1.807, 2.05) is 0 Å². The molecule has 1 aromatic heterocycles. The second kappa shape index (κ2) is 5.17. The molecule has 94 valence electrons. The average Bonchev–Trinajstić information content (AvgIpc) is 2.20. The Morgan fingerprint density at radius 2 is 2.12 bits per heavy atom. The van der Waals surface area contributed by atoms with Crippen molar-refractivity contribution in [2.45, 2.75) is 34.1 Å². The summed E-state index contributed by atoms with van der Waals surface area (Å²) in [6.45, 7) is 8.47. The molecule has 0 aliphatic heterocycles. The highest BCUT2D eigenvalue weighted by molar-refractivity contribution is 5.89. The highest BCUT2D eigenvalue weighted by atomic mass is 16.1. The van der Waals surface area contributed by atoms with Crippen LogP contribution in [0.3, 0.4) is 0 Å². The first-order chi connectivity index (χ1) is 7.79. The van der Waals surface area contributed by atoms with E-state index in [0.717, 1.165) is 0 Å². The first-order valence-electron chi connectivity index (χ1n) is 5.80. The summed E-state index contributed by atoms with van der Waals surface area (Å²) in [4.78, 5) is 15.8. The molecular weight excluding hydrogens is 214 g/mol. The number of nitrogens with zero attached hydrogens (tertiary/aromatic N) is 1. The summed E-state index contributed by atoms with van der Waals surface area (Å²) >= 11 is 0. The number of carbonyl (C=O) groups is 1. The third-order valence-corrected chi connectivity index (χ3v) is 3.02. The largest absolute Gasteiger partial charge is 0.397 e. The van der Waals surface area contributed by atoms with Crippen molar-refractivity contribution in [2.75, 3.05) is 11.1 Å². The zero-order valence-electron chi connectivity index (χ0n) is 10.9. The van der Waals surface area contributed by atoms with Gasteiger partial charge in [-0.15, -0.1) is 0 Å². The molecule has 0 aliphatic rings. The molecule has 4 heteroatoms.